The van der Waals surface area contributed by atoms with Crippen LogP contribution in [0, 0.1) is 0 Å². The van der Waals surface area contributed by atoms with Crippen molar-refractivity contribution in [2.75, 3.05) is 18.0 Å². The van der Waals surface area contributed by atoms with E-state index in [0.29, 0.717) is 5.82 Å². The Labute approximate surface area is 98.3 Å². The van der Waals surface area contributed by atoms with Crippen LogP contribution >= 0.6 is 0 Å². The smallest absolute Gasteiger partial charge is 0.209 e. The molecule has 0 radical (unpaired) electrons. The van der Waals surface area contributed by atoms with Crippen LogP contribution in [0.5, 0.6) is 0 Å². The lowest BCUT2D eigenvalue weighted by atomic mass is 10.1. The second-order valence-corrected chi connectivity index (χ2v) is 4.04. The van der Waals surface area contributed by atoms with E-state index in [0.717, 1.165) is 24.5 Å². The van der Waals surface area contributed by atoms with Gasteiger partial charge in [0.1, 0.15) is 12.1 Å². The monoisotopic (exact) mass is 231 g/mol. The Bertz CT molecular complexity index is 475. The highest BCUT2D eigenvalue weighted by molar-refractivity contribution is 5.69. The molecule has 0 saturated carbocycles. The lowest BCUT2D eigenvalue weighted by Crippen LogP contribution is -2.30. The van der Waals surface area contributed by atoms with Gasteiger partial charge < -0.3 is 4.90 Å². The summed E-state index contributed by atoms with van der Waals surface area (Å²) >= 11 is 0. The van der Waals surface area contributed by atoms with Gasteiger partial charge >= 0.3 is 0 Å². The molecule has 3 heterocycles. The van der Waals surface area contributed by atoms with Gasteiger partial charge in [-0.15, -0.1) is 10.2 Å². The molecule has 0 amide bonds. The quantitative estimate of drug-likeness (QED) is 0.816. The summed E-state index contributed by atoms with van der Waals surface area (Å²) in [6.07, 6.45) is 7.00. The Morgan fingerprint density at radius 2 is 2.06 bits per heavy atom. The zero-order chi connectivity index (χ0) is 11.5. The number of H-pyrrole nitrogens is 1. The Hall–Kier alpha value is -2.05. The maximum atomic E-state index is 4.35. The van der Waals surface area contributed by atoms with Gasteiger partial charge in [0.15, 0.2) is 0 Å². The van der Waals surface area contributed by atoms with Gasteiger partial charge in [-0.25, -0.2) is 9.97 Å². The number of rotatable bonds is 2. The minimum Gasteiger partial charge on any atom is -0.356 e. The largest absolute Gasteiger partial charge is 0.356 e. The summed E-state index contributed by atoms with van der Waals surface area (Å²) in [6, 6.07) is 0. The zero-order valence-corrected chi connectivity index (χ0v) is 9.37. The first-order valence-corrected chi connectivity index (χ1v) is 5.74. The second kappa shape index (κ2) is 4.44. The SMILES string of the molecule is c1ncc(-c2nn[nH]n2)c(N2CCCCC2)n1. The van der Waals surface area contributed by atoms with Gasteiger partial charge in [-0.3, -0.25) is 0 Å². The molecule has 1 fully saturated rings. The topological polar surface area (TPSA) is 83.5 Å². The average Bonchev–Trinajstić information content (AvgIpc) is 2.94. The van der Waals surface area contributed by atoms with Crippen molar-refractivity contribution >= 4 is 5.82 Å². The van der Waals surface area contributed by atoms with Crippen LogP contribution in [0.2, 0.25) is 0 Å². The van der Waals surface area contributed by atoms with E-state index in [1.807, 2.05) is 0 Å². The maximum Gasteiger partial charge on any atom is 0.209 e. The van der Waals surface area contributed by atoms with Crippen molar-refractivity contribution in [2.45, 2.75) is 19.3 Å². The fourth-order valence-corrected chi connectivity index (χ4v) is 2.11. The lowest BCUT2D eigenvalue weighted by Gasteiger charge is -2.28. The number of hydrogen-bond donors (Lipinski definition) is 1. The van der Waals surface area contributed by atoms with Crippen molar-refractivity contribution < 1.29 is 0 Å². The van der Waals surface area contributed by atoms with Gasteiger partial charge in [0.05, 0.1) is 5.56 Å². The number of piperidine rings is 1. The first-order chi connectivity index (χ1) is 8.45. The third kappa shape index (κ3) is 1.95. The van der Waals surface area contributed by atoms with Crippen LogP contribution < -0.4 is 4.90 Å². The third-order valence-corrected chi connectivity index (χ3v) is 2.93. The van der Waals surface area contributed by atoms with Gasteiger partial charge in [-0.2, -0.15) is 5.21 Å². The molecule has 0 atom stereocenters. The van der Waals surface area contributed by atoms with Crippen molar-refractivity contribution in [1.82, 2.24) is 30.6 Å². The summed E-state index contributed by atoms with van der Waals surface area (Å²) in [4.78, 5) is 10.6. The van der Waals surface area contributed by atoms with Crippen LogP contribution in [0.1, 0.15) is 19.3 Å². The van der Waals surface area contributed by atoms with Gasteiger partial charge in [0.2, 0.25) is 5.82 Å². The van der Waals surface area contributed by atoms with Crippen molar-refractivity contribution in [2.24, 2.45) is 0 Å². The molecular formula is C10H13N7. The van der Waals surface area contributed by atoms with Crippen LogP contribution in [0.3, 0.4) is 0 Å². The predicted octanol–water partition coefficient (Wildman–Crippen LogP) is 0.647. The van der Waals surface area contributed by atoms with Crippen molar-refractivity contribution in [3.63, 3.8) is 0 Å². The van der Waals surface area contributed by atoms with Crippen molar-refractivity contribution in [3.05, 3.63) is 12.5 Å². The molecule has 17 heavy (non-hydrogen) atoms. The molecule has 0 spiro atoms. The fourth-order valence-electron chi connectivity index (χ4n) is 2.11. The molecule has 0 unspecified atom stereocenters. The molecule has 1 saturated heterocycles. The van der Waals surface area contributed by atoms with Crippen molar-refractivity contribution in [3.8, 4) is 11.4 Å². The number of anilines is 1. The predicted molar refractivity (Wildman–Crippen MR) is 61.3 cm³/mol. The van der Waals surface area contributed by atoms with Crippen LogP contribution in [-0.2, 0) is 0 Å². The van der Waals surface area contributed by atoms with E-state index in [4.69, 9.17) is 0 Å². The number of aromatic amines is 1. The molecule has 88 valence electrons. The van der Waals surface area contributed by atoms with Gasteiger partial charge in [0, 0.05) is 19.3 Å². The molecule has 7 heteroatoms. The first-order valence-electron chi connectivity index (χ1n) is 5.74. The Morgan fingerprint density at radius 1 is 1.18 bits per heavy atom. The van der Waals surface area contributed by atoms with E-state index in [1.54, 1.807) is 12.5 Å². The van der Waals surface area contributed by atoms with E-state index in [-0.39, 0.29) is 0 Å². The van der Waals surface area contributed by atoms with E-state index in [9.17, 15) is 0 Å². The fraction of sp³-hybridized carbons (Fsp3) is 0.500. The standard InChI is InChI=1S/C10H13N7/c1-2-4-17(5-3-1)10-8(6-11-7-12-10)9-13-15-16-14-9/h6-7H,1-5H2,(H,13,14,15,16). The summed E-state index contributed by atoms with van der Waals surface area (Å²) in [5.74, 6) is 1.45. The van der Waals surface area contributed by atoms with Crippen molar-refractivity contribution in [1.29, 1.82) is 0 Å². The molecule has 0 aliphatic carbocycles. The maximum absolute atomic E-state index is 4.35. The molecule has 2 aromatic heterocycles. The normalized spacial score (nSPS) is 16.1. The number of aromatic nitrogens is 6. The summed E-state index contributed by atoms with van der Waals surface area (Å²) in [5, 5.41) is 14.0. The minimum atomic E-state index is 0.547. The number of tetrazole rings is 1. The number of nitrogens with one attached hydrogen (secondary N) is 1. The molecule has 3 rings (SSSR count). The van der Waals surface area contributed by atoms with Crippen LogP contribution in [0.25, 0.3) is 11.4 Å². The Balaban J connectivity index is 1.98. The van der Waals surface area contributed by atoms with Crippen LogP contribution in [0.15, 0.2) is 12.5 Å². The summed E-state index contributed by atoms with van der Waals surface area (Å²) < 4.78 is 0. The number of hydrogen-bond acceptors (Lipinski definition) is 6. The summed E-state index contributed by atoms with van der Waals surface area (Å²) in [5.41, 5.74) is 0.836. The molecular weight excluding hydrogens is 218 g/mol. The summed E-state index contributed by atoms with van der Waals surface area (Å²) in [7, 11) is 0. The van der Waals surface area contributed by atoms with E-state index in [1.165, 1.54) is 19.3 Å². The highest BCUT2D eigenvalue weighted by atomic mass is 15.5. The minimum absolute atomic E-state index is 0.547. The van der Waals surface area contributed by atoms with Crippen LogP contribution in [0.4, 0.5) is 5.82 Å². The average molecular weight is 231 g/mol. The number of nitrogens with zero attached hydrogens (tertiary/aromatic N) is 6. The van der Waals surface area contributed by atoms with E-state index >= 15 is 0 Å². The molecule has 2 aromatic rings. The zero-order valence-electron chi connectivity index (χ0n) is 9.37. The molecule has 1 N–H and O–H groups in total. The second-order valence-electron chi connectivity index (χ2n) is 4.04. The van der Waals surface area contributed by atoms with Gasteiger partial charge in [-0.05, 0) is 24.5 Å². The summed E-state index contributed by atoms with van der Waals surface area (Å²) in [6.45, 7) is 2.06. The van der Waals surface area contributed by atoms with E-state index < -0.39 is 0 Å². The Morgan fingerprint density at radius 3 is 2.82 bits per heavy atom. The molecule has 1 aliphatic rings. The third-order valence-electron chi connectivity index (χ3n) is 2.93. The molecule has 0 bridgehead atoms. The first kappa shape index (κ1) is 10.1. The van der Waals surface area contributed by atoms with Gasteiger partial charge in [0.25, 0.3) is 0 Å². The lowest BCUT2D eigenvalue weighted by molar-refractivity contribution is 0.573. The van der Waals surface area contributed by atoms with E-state index in [2.05, 4.69) is 35.5 Å². The van der Waals surface area contributed by atoms with Gasteiger partial charge in [-0.1, -0.05) is 0 Å². The molecule has 0 aromatic carbocycles. The Kier molecular flexibility index (Phi) is 2.65. The van der Waals surface area contributed by atoms with Crippen LogP contribution in [-0.4, -0.2) is 43.7 Å². The molecule has 1 aliphatic heterocycles. The highest BCUT2D eigenvalue weighted by Crippen LogP contribution is 2.26. The highest BCUT2D eigenvalue weighted by Gasteiger charge is 2.18. The molecule has 7 nitrogen and oxygen atoms in total.